The number of alkyl halides is 3. The van der Waals surface area contributed by atoms with Gasteiger partial charge in [-0.2, -0.15) is 18.3 Å². The first kappa shape index (κ1) is 20.1. The molecule has 1 unspecified atom stereocenters. The van der Waals surface area contributed by atoms with Crippen molar-refractivity contribution < 1.29 is 18.0 Å². The molecule has 1 aliphatic carbocycles. The lowest BCUT2D eigenvalue weighted by Gasteiger charge is -2.30. The Kier molecular flexibility index (Phi) is 5.02. The maximum Gasteiger partial charge on any atom is 0.435 e. The highest BCUT2D eigenvalue weighted by molar-refractivity contribution is 6.42. The van der Waals surface area contributed by atoms with Crippen LogP contribution in [-0.4, -0.2) is 22.2 Å². The van der Waals surface area contributed by atoms with Crippen molar-refractivity contribution >= 4 is 34.9 Å². The Morgan fingerprint density at radius 1 is 1.28 bits per heavy atom. The summed E-state index contributed by atoms with van der Waals surface area (Å²) >= 11 is 12.1. The van der Waals surface area contributed by atoms with Gasteiger partial charge in [0.15, 0.2) is 5.69 Å². The summed E-state index contributed by atoms with van der Waals surface area (Å²) < 4.78 is 40.9. The monoisotopic (exact) mass is 444 g/mol. The molecule has 1 aliphatic heterocycles. The maximum atomic E-state index is 13.3. The molecule has 1 aromatic heterocycles. The van der Waals surface area contributed by atoms with Gasteiger partial charge in [0, 0.05) is 18.3 Å². The fraction of sp³-hybridized carbons (Fsp3) is 0.368. The first-order chi connectivity index (χ1) is 13.6. The number of fused-ring (bicyclic) bond motifs is 1. The van der Waals surface area contributed by atoms with E-state index in [4.69, 9.17) is 23.2 Å². The van der Waals surface area contributed by atoms with Crippen LogP contribution in [0.25, 0.3) is 0 Å². The van der Waals surface area contributed by atoms with E-state index in [-0.39, 0.29) is 22.3 Å². The second-order valence-electron chi connectivity index (χ2n) is 7.25. The Morgan fingerprint density at radius 2 is 2.00 bits per heavy atom. The van der Waals surface area contributed by atoms with Crippen molar-refractivity contribution in [1.82, 2.24) is 15.1 Å². The van der Waals surface area contributed by atoms with Crippen molar-refractivity contribution in [1.29, 1.82) is 0 Å². The van der Waals surface area contributed by atoms with Gasteiger partial charge >= 0.3 is 6.18 Å². The van der Waals surface area contributed by atoms with E-state index in [0.29, 0.717) is 28.7 Å². The Morgan fingerprint density at radius 3 is 2.62 bits per heavy atom. The first-order valence-corrected chi connectivity index (χ1v) is 9.78. The second kappa shape index (κ2) is 7.25. The van der Waals surface area contributed by atoms with Crippen LogP contribution in [-0.2, 0) is 11.0 Å². The molecule has 2 heterocycles. The number of amides is 1. The Labute approximate surface area is 174 Å². The van der Waals surface area contributed by atoms with Crippen LogP contribution < -0.4 is 10.6 Å². The third kappa shape index (κ3) is 3.96. The molecule has 1 atom stereocenters. The fourth-order valence-electron chi connectivity index (χ4n) is 3.35. The Hall–Kier alpha value is -2.19. The van der Waals surface area contributed by atoms with Crippen LogP contribution in [0.1, 0.15) is 37.1 Å². The molecule has 10 heteroatoms. The van der Waals surface area contributed by atoms with E-state index in [9.17, 15) is 18.0 Å². The number of halogens is 5. The van der Waals surface area contributed by atoms with Gasteiger partial charge in [-0.05, 0) is 43.4 Å². The zero-order chi connectivity index (χ0) is 20.9. The molecule has 0 bridgehead atoms. The van der Waals surface area contributed by atoms with E-state index in [2.05, 4.69) is 15.7 Å². The summed E-state index contributed by atoms with van der Waals surface area (Å²) in [5, 5.41) is 10.0. The fourth-order valence-corrected chi connectivity index (χ4v) is 3.66. The lowest BCUT2D eigenvalue weighted by molar-refractivity contribution is -0.141. The van der Waals surface area contributed by atoms with Gasteiger partial charge in [-0.1, -0.05) is 29.3 Å². The summed E-state index contributed by atoms with van der Waals surface area (Å²) in [4.78, 5) is 13.0. The van der Waals surface area contributed by atoms with E-state index in [0.717, 1.165) is 18.9 Å². The molecule has 0 radical (unpaired) electrons. The van der Waals surface area contributed by atoms with Crippen molar-refractivity contribution in [3.05, 3.63) is 56.8 Å². The van der Waals surface area contributed by atoms with Crippen LogP contribution in [0.15, 0.2) is 35.5 Å². The lowest BCUT2D eigenvalue weighted by Crippen LogP contribution is -2.35. The quantitative estimate of drug-likeness (QED) is 0.695. The summed E-state index contributed by atoms with van der Waals surface area (Å²) in [7, 11) is 0. The van der Waals surface area contributed by atoms with Gasteiger partial charge in [-0.3, -0.25) is 4.79 Å². The van der Waals surface area contributed by atoms with Crippen LogP contribution in [0.2, 0.25) is 10.0 Å². The molecule has 154 valence electrons. The van der Waals surface area contributed by atoms with Crippen LogP contribution in [0, 0.1) is 5.92 Å². The van der Waals surface area contributed by atoms with E-state index in [1.807, 2.05) is 0 Å². The number of allylic oxidation sites excluding steroid dienone is 1. The Bertz CT molecular complexity index is 1010. The van der Waals surface area contributed by atoms with Crippen LogP contribution in [0.4, 0.5) is 19.0 Å². The number of aromatic nitrogens is 2. The van der Waals surface area contributed by atoms with Gasteiger partial charge in [0.1, 0.15) is 11.9 Å². The highest BCUT2D eigenvalue weighted by atomic mass is 35.5. The largest absolute Gasteiger partial charge is 0.435 e. The van der Waals surface area contributed by atoms with Gasteiger partial charge in [0.05, 0.1) is 15.6 Å². The minimum Gasteiger partial charge on any atom is -0.352 e. The molecule has 0 spiro atoms. The number of carbonyl (C=O) groups excluding carboxylic acids is 1. The summed E-state index contributed by atoms with van der Waals surface area (Å²) in [6.07, 6.45) is -2.49. The summed E-state index contributed by atoms with van der Waals surface area (Å²) in [6.45, 7) is 2.18. The predicted molar refractivity (Wildman–Crippen MR) is 104 cm³/mol. The Balaban J connectivity index is 1.80. The second-order valence-corrected chi connectivity index (χ2v) is 8.06. The molecular formula is C19H17Cl2F3N4O. The van der Waals surface area contributed by atoms with Crippen LogP contribution in [0.3, 0.4) is 0 Å². The standard InChI is InChI=1S/C19H17Cl2F3N4O/c1-9-16(18(29)25-8-10-2-3-10)17(11-4-5-12(20)13(21)6-11)28-15(26-9)7-14(27-28)19(22,23)24/h4-7,10,17,26H,2-3,8H2,1H3,(H,25,29). The van der Waals surface area contributed by atoms with Crippen molar-refractivity contribution in [2.45, 2.75) is 32.0 Å². The van der Waals surface area contributed by atoms with Crippen LogP contribution >= 0.6 is 23.2 Å². The third-order valence-electron chi connectivity index (χ3n) is 5.02. The zero-order valence-corrected chi connectivity index (χ0v) is 16.8. The van der Waals surface area contributed by atoms with Gasteiger partial charge in [-0.25, -0.2) is 4.68 Å². The van der Waals surface area contributed by atoms with Gasteiger partial charge in [0.25, 0.3) is 5.91 Å². The minimum atomic E-state index is -4.61. The number of anilines is 1. The van der Waals surface area contributed by atoms with Crippen molar-refractivity contribution in [3.63, 3.8) is 0 Å². The molecular weight excluding hydrogens is 428 g/mol. The molecule has 2 aliphatic rings. The number of carbonyl (C=O) groups is 1. The number of nitrogens with one attached hydrogen (secondary N) is 2. The van der Waals surface area contributed by atoms with Gasteiger partial charge in [-0.15, -0.1) is 0 Å². The summed E-state index contributed by atoms with van der Waals surface area (Å²) in [6, 6.07) is 4.76. The van der Waals surface area contributed by atoms with Crippen molar-refractivity contribution in [2.24, 2.45) is 5.92 Å². The number of nitrogens with zero attached hydrogens (tertiary/aromatic N) is 2. The van der Waals surface area contributed by atoms with Gasteiger partial charge < -0.3 is 10.6 Å². The molecule has 1 amide bonds. The predicted octanol–water partition coefficient (Wildman–Crippen LogP) is 5.02. The molecule has 5 nitrogen and oxygen atoms in total. The summed E-state index contributed by atoms with van der Waals surface area (Å²) in [5.74, 6) is 0.245. The highest BCUT2D eigenvalue weighted by Crippen LogP contribution is 2.40. The molecule has 1 fully saturated rings. The molecule has 4 rings (SSSR count). The van der Waals surface area contributed by atoms with E-state index in [1.54, 1.807) is 25.1 Å². The number of hydrogen-bond acceptors (Lipinski definition) is 3. The van der Waals surface area contributed by atoms with E-state index < -0.39 is 17.9 Å². The highest BCUT2D eigenvalue weighted by Gasteiger charge is 2.39. The molecule has 29 heavy (non-hydrogen) atoms. The average molecular weight is 445 g/mol. The van der Waals surface area contributed by atoms with E-state index in [1.165, 1.54) is 4.68 Å². The molecule has 1 saturated carbocycles. The third-order valence-corrected chi connectivity index (χ3v) is 5.76. The molecule has 2 aromatic rings. The number of rotatable bonds is 4. The topological polar surface area (TPSA) is 59.0 Å². The summed E-state index contributed by atoms with van der Waals surface area (Å²) in [5.41, 5.74) is 0.205. The van der Waals surface area contributed by atoms with Gasteiger partial charge in [0.2, 0.25) is 0 Å². The normalized spacial score (nSPS) is 19.0. The number of benzene rings is 1. The smallest absolute Gasteiger partial charge is 0.352 e. The van der Waals surface area contributed by atoms with Crippen LogP contribution in [0.5, 0.6) is 0 Å². The number of hydrogen-bond donors (Lipinski definition) is 2. The average Bonchev–Trinajstić information content (AvgIpc) is 3.37. The maximum absolute atomic E-state index is 13.3. The first-order valence-electron chi connectivity index (χ1n) is 9.03. The lowest BCUT2D eigenvalue weighted by atomic mass is 9.95. The molecule has 1 aromatic carbocycles. The SMILES string of the molecule is CC1=C(C(=O)NCC2CC2)C(c2ccc(Cl)c(Cl)c2)n2nc(C(F)(F)F)cc2N1. The minimum absolute atomic E-state index is 0.143. The van der Waals surface area contributed by atoms with Crippen molar-refractivity contribution in [3.8, 4) is 0 Å². The van der Waals surface area contributed by atoms with Crippen molar-refractivity contribution in [2.75, 3.05) is 11.9 Å². The molecule has 0 saturated heterocycles. The molecule has 2 N–H and O–H groups in total. The van der Waals surface area contributed by atoms with E-state index >= 15 is 0 Å². The zero-order valence-electron chi connectivity index (χ0n) is 15.3.